The summed E-state index contributed by atoms with van der Waals surface area (Å²) in [4.78, 5) is 0. The monoisotopic (exact) mass is 260 g/mol. The van der Waals surface area contributed by atoms with E-state index in [0.717, 1.165) is 12.8 Å². The van der Waals surface area contributed by atoms with Gasteiger partial charge in [0.2, 0.25) is 10.0 Å². The number of nitrogens with one attached hydrogen (secondary N) is 1. The molecule has 1 rings (SSSR count). The van der Waals surface area contributed by atoms with E-state index in [2.05, 4.69) is 4.72 Å². The molecule has 0 spiro atoms. The first-order valence-electron chi connectivity index (χ1n) is 5.89. The molecule has 0 bridgehead atoms. The van der Waals surface area contributed by atoms with Crippen molar-refractivity contribution in [2.75, 3.05) is 19.8 Å². The van der Waals surface area contributed by atoms with Gasteiger partial charge in [-0.2, -0.15) is 5.26 Å². The van der Waals surface area contributed by atoms with Crippen LogP contribution in [0.15, 0.2) is 0 Å². The Kier molecular flexibility index (Phi) is 4.92. The minimum absolute atomic E-state index is 0.0565. The minimum Gasteiger partial charge on any atom is -0.381 e. The van der Waals surface area contributed by atoms with Crippen molar-refractivity contribution in [2.45, 2.75) is 38.4 Å². The number of hydrogen-bond acceptors (Lipinski definition) is 4. The van der Waals surface area contributed by atoms with Gasteiger partial charge in [-0.3, -0.25) is 0 Å². The lowest BCUT2D eigenvalue weighted by Crippen LogP contribution is -2.42. The Bertz CT molecular complexity index is 380. The number of nitriles is 1. The van der Waals surface area contributed by atoms with E-state index >= 15 is 0 Å². The lowest BCUT2D eigenvalue weighted by atomic mass is 9.83. The van der Waals surface area contributed by atoms with E-state index in [-0.39, 0.29) is 5.41 Å². The topological polar surface area (TPSA) is 79.2 Å². The zero-order valence-corrected chi connectivity index (χ0v) is 11.2. The lowest BCUT2D eigenvalue weighted by Gasteiger charge is -2.33. The summed E-state index contributed by atoms with van der Waals surface area (Å²) in [5.74, 6) is 0. The first-order valence-corrected chi connectivity index (χ1v) is 7.44. The minimum atomic E-state index is -3.51. The molecule has 6 heteroatoms. The maximum Gasteiger partial charge on any atom is 0.227 e. The molecule has 0 aromatic rings. The van der Waals surface area contributed by atoms with Crippen LogP contribution >= 0.6 is 0 Å². The number of ether oxygens (including phenoxy) is 1. The fourth-order valence-electron chi connectivity index (χ4n) is 1.80. The van der Waals surface area contributed by atoms with E-state index in [1.807, 2.05) is 13.0 Å². The number of hydrogen-bond donors (Lipinski definition) is 1. The van der Waals surface area contributed by atoms with Crippen LogP contribution in [0.5, 0.6) is 0 Å². The van der Waals surface area contributed by atoms with Gasteiger partial charge in [0.05, 0.1) is 6.07 Å². The molecule has 0 radical (unpaired) electrons. The predicted molar refractivity (Wildman–Crippen MR) is 64.8 cm³/mol. The quantitative estimate of drug-likeness (QED) is 0.800. The highest BCUT2D eigenvalue weighted by atomic mass is 32.2. The van der Waals surface area contributed by atoms with Crippen molar-refractivity contribution >= 4 is 10.0 Å². The fraction of sp³-hybridized carbons (Fsp3) is 0.909. The number of nitrogens with zero attached hydrogens (tertiary/aromatic N) is 1. The van der Waals surface area contributed by atoms with Crippen LogP contribution in [0.25, 0.3) is 0 Å². The highest BCUT2D eigenvalue weighted by Gasteiger charge is 2.31. The second kappa shape index (κ2) is 5.80. The van der Waals surface area contributed by atoms with Crippen molar-refractivity contribution in [3.05, 3.63) is 0 Å². The van der Waals surface area contributed by atoms with E-state index in [1.54, 1.807) is 6.92 Å². The van der Waals surface area contributed by atoms with Crippen LogP contribution in [0.3, 0.4) is 0 Å². The first-order chi connectivity index (χ1) is 7.93. The van der Waals surface area contributed by atoms with Crippen LogP contribution in [-0.4, -0.2) is 33.4 Å². The van der Waals surface area contributed by atoms with Gasteiger partial charge in [-0.1, -0.05) is 13.8 Å². The average Bonchev–Trinajstić information content (AvgIpc) is 2.29. The number of sulfonamides is 1. The maximum absolute atomic E-state index is 11.8. The lowest BCUT2D eigenvalue weighted by molar-refractivity contribution is 0.0264. The van der Waals surface area contributed by atoms with Gasteiger partial charge in [0.25, 0.3) is 0 Å². The molecule has 0 aliphatic carbocycles. The van der Waals surface area contributed by atoms with Gasteiger partial charge in [0.1, 0.15) is 0 Å². The Hall–Kier alpha value is -0.640. The summed E-state index contributed by atoms with van der Waals surface area (Å²) in [5.41, 5.74) is -0.0565. The molecule has 5 nitrogen and oxygen atoms in total. The molecular weight excluding hydrogens is 240 g/mol. The van der Waals surface area contributed by atoms with Crippen LogP contribution in [0.2, 0.25) is 0 Å². The van der Waals surface area contributed by atoms with Gasteiger partial charge in [-0.15, -0.1) is 0 Å². The van der Waals surface area contributed by atoms with E-state index in [0.29, 0.717) is 26.2 Å². The molecule has 1 saturated heterocycles. The Morgan fingerprint density at radius 2 is 2.06 bits per heavy atom. The third-order valence-electron chi connectivity index (χ3n) is 3.29. The summed E-state index contributed by atoms with van der Waals surface area (Å²) in [6.07, 6.45) is 2.00. The SMILES string of the molecule is CCC(C#N)S(=O)(=O)NCC1(C)CCOCC1. The highest BCUT2D eigenvalue weighted by molar-refractivity contribution is 7.90. The average molecular weight is 260 g/mol. The van der Waals surface area contributed by atoms with Gasteiger partial charge in [-0.25, -0.2) is 13.1 Å². The van der Waals surface area contributed by atoms with Crippen molar-refractivity contribution in [1.82, 2.24) is 4.72 Å². The van der Waals surface area contributed by atoms with Crippen LogP contribution < -0.4 is 4.72 Å². The maximum atomic E-state index is 11.8. The molecule has 1 N–H and O–H groups in total. The summed E-state index contributed by atoms with van der Waals surface area (Å²) < 4.78 is 31.4. The van der Waals surface area contributed by atoms with Crippen LogP contribution in [0.1, 0.15) is 33.1 Å². The van der Waals surface area contributed by atoms with Crippen molar-refractivity contribution in [1.29, 1.82) is 5.26 Å². The molecular formula is C11H20N2O3S. The molecule has 1 aliphatic rings. The normalized spacial score (nSPS) is 21.7. The molecule has 1 heterocycles. The van der Waals surface area contributed by atoms with Crippen LogP contribution in [-0.2, 0) is 14.8 Å². The van der Waals surface area contributed by atoms with Crippen molar-refractivity contribution in [3.8, 4) is 6.07 Å². The zero-order chi connectivity index (χ0) is 12.9. The van der Waals surface area contributed by atoms with E-state index in [4.69, 9.17) is 10.00 Å². The highest BCUT2D eigenvalue weighted by Crippen LogP contribution is 2.29. The summed E-state index contributed by atoms with van der Waals surface area (Å²) >= 11 is 0. The second-order valence-corrected chi connectivity index (χ2v) is 6.76. The Balaban J connectivity index is 2.58. The molecule has 1 fully saturated rings. The standard InChI is InChI=1S/C11H20N2O3S/c1-3-10(8-12)17(14,15)13-9-11(2)4-6-16-7-5-11/h10,13H,3-7,9H2,1-2H3. The smallest absolute Gasteiger partial charge is 0.227 e. The largest absolute Gasteiger partial charge is 0.381 e. The predicted octanol–water partition coefficient (Wildman–Crippen LogP) is 1.02. The van der Waals surface area contributed by atoms with Gasteiger partial charge < -0.3 is 4.74 Å². The Labute approximate surface area is 103 Å². The van der Waals surface area contributed by atoms with E-state index < -0.39 is 15.3 Å². The summed E-state index contributed by atoms with van der Waals surface area (Å²) in [6, 6.07) is 1.82. The molecule has 0 aromatic carbocycles. The van der Waals surface area contributed by atoms with Gasteiger partial charge in [0, 0.05) is 19.8 Å². The van der Waals surface area contributed by atoms with Gasteiger partial charge in [0.15, 0.2) is 5.25 Å². The zero-order valence-electron chi connectivity index (χ0n) is 10.4. The molecule has 1 unspecified atom stereocenters. The van der Waals surface area contributed by atoms with Crippen LogP contribution in [0, 0.1) is 16.7 Å². The Morgan fingerprint density at radius 3 is 2.53 bits per heavy atom. The van der Waals surface area contributed by atoms with Crippen LogP contribution in [0.4, 0.5) is 0 Å². The van der Waals surface area contributed by atoms with Crippen molar-refractivity contribution < 1.29 is 13.2 Å². The summed E-state index contributed by atoms with van der Waals surface area (Å²) in [5, 5.41) is 7.82. The molecule has 0 aromatic heterocycles. The van der Waals surface area contributed by atoms with Gasteiger partial charge >= 0.3 is 0 Å². The summed E-state index contributed by atoms with van der Waals surface area (Å²) in [6.45, 7) is 5.48. The van der Waals surface area contributed by atoms with Crippen molar-refractivity contribution in [3.63, 3.8) is 0 Å². The molecule has 98 valence electrons. The molecule has 0 amide bonds. The second-order valence-electron chi connectivity index (χ2n) is 4.82. The fourth-order valence-corrected chi connectivity index (χ4v) is 3.12. The number of rotatable bonds is 5. The third-order valence-corrected chi connectivity index (χ3v) is 5.02. The Morgan fingerprint density at radius 1 is 1.47 bits per heavy atom. The molecule has 1 aliphatic heterocycles. The molecule has 0 saturated carbocycles. The van der Waals surface area contributed by atoms with Gasteiger partial charge in [-0.05, 0) is 24.7 Å². The first kappa shape index (κ1) is 14.4. The molecule has 1 atom stereocenters. The molecule has 17 heavy (non-hydrogen) atoms. The summed E-state index contributed by atoms with van der Waals surface area (Å²) in [7, 11) is -3.51. The van der Waals surface area contributed by atoms with Crippen molar-refractivity contribution in [2.24, 2.45) is 5.41 Å². The third kappa shape index (κ3) is 3.95. The van der Waals surface area contributed by atoms with E-state index in [1.165, 1.54) is 0 Å². The van der Waals surface area contributed by atoms with E-state index in [9.17, 15) is 8.42 Å².